The summed E-state index contributed by atoms with van der Waals surface area (Å²) < 4.78 is 26.9. The highest BCUT2D eigenvalue weighted by atomic mass is 19.2. The van der Waals surface area contributed by atoms with Crippen molar-refractivity contribution in [3.05, 3.63) is 46.7 Å². The largest absolute Gasteiger partial charge is 0.369 e. The third kappa shape index (κ3) is 3.07. The Morgan fingerprint density at radius 3 is 2.60 bits per heavy atom. The van der Waals surface area contributed by atoms with Crippen molar-refractivity contribution < 1.29 is 13.9 Å². The van der Waals surface area contributed by atoms with E-state index in [0.29, 0.717) is 36.0 Å². The van der Waals surface area contributed by atoms with Gasteiger partial charge in [-0.1, -0.05) is 6.07 Å². The van der Waals surface area contributed by atoms with E-state index in [9.17, 15) is 13.9 Å². The second kappa shape index (κ2) is 6.76. The van der Waals surface area contributed by atoms with Crippen molar-refractivity contribution in [1.29, 1.82) is 0 Å². The molecule has 0 radical (unpaired) electrons. The minimum absolute atomic E-state index is 0.422. The molecular formula is C18H20F2N4O. The number of rotatable bonds is 4. The lowest BCUT2D eigenvalue weighted by Gasteiger charge is -2.35. The molecule has 5 nitrogen and oxygen atoms in total. The summed E-state index contributed by atoms with van der Waals surface area (Å²) >= 11 is 0. The minimum atomic E-state index is -1.01. The Morgan fingerprint density at radius 2 is 1.96 bits per heavy atom. The highest BCUT2D eigenvalue weighted by Gasteiger charge is 2.30. The van der Waals surface area contributed by atoms with E-state index in [1.165, 1.54) is 6.07 Å². The fourth-order valence-corrected chi connectivity index (χ4v) is 2.94. The molecule has 3 rings (SSSR count). The van der Waals surface area contributed by atoms with Crippen LogP contribution >= 0.6 is 0 Å². The highest BCUT2D eigenvalue weighted by Crippen LogP contribution is 2.36. The van der Waals surface area contributed by atoms with Gasteiger partial charge in [-0.2, -0.15) is 4.98 Å². The van der Waals surface area contributed by atoms with E-state index in [1.807, 2.05) is 20.8 Å². The first-order chi connectivity index (χ1) is 12.0. The predicted octanol–water partition coefficient (Wildman–Crippen LogP) is 3.19. The molecule has 0 bridgehead atoms. The molecule has 0 saturated carbocycles. The van der Waals surface area contributed by atoms with Gasteiger partial charge in [0, 0.05) is 24.2 Å². The van der Waals surface area contributed by atoms with E-state index < -0.39 is 17.9 Å². The van der Waals surface area contributed by atoms with Crippen molar-refractivity contribution in [2.45, 2.75) is 27.0 Å². The fraction of sp³-hybridized carbons (Fsp3) is 0.333. The van der Waals surface area contributed by atoms with E-state index in [0.717, 1.165) is 23.4 Å². The van der Waals surface area contributed by atoms with E-state index in [1.54, 1.807) is 11.0 Å². The third-order valence-corrected chi connectivity index (χ3v) is 4.19. The van der Waals surface area contributed by atoms with Gasteiger partial charge < -0.3 is 15.3 Å². The zero-order valence-electron chi connectivity index (χ0n) is 14.3. The van der Waals surface area contributed by atoms with Crippen LogP contribution in [0.1, 0.15) is 30.7 Å². The average molecular weight is 346 g/mol. The van der Waals surface area contributed by atoms with Crippen LogP contribution in [-0.4, -0.2) is 34.4 Å². The van der Waals surface area contributed by atoms with Crippen LogP contribution in [0, 0.1) is 18.6 Å². The van der Waals surface area contributed by atoms with Crippen molar-refractivity contribution in [2.75, 3.05) is 23.3 Å². The Labute approximate surface area is 145 Å². The predicted molar refractivity (Wildman–Crippen MR) is 94.2 cm³/mol. The molecular weight excluding hydrogens is 326 g/mol. The zero-order chi connectivity index (χ0) is 18.1. The van der Waals surface area contributed by atoms with Gasteiger partial charge in [-0.15, -0.1) is 0 Å². The van der Waals surface area contributed by atoms with Crippen molar-refractivity contribution in [3.63, 3.8) is 0 Å². The van der Waals surface area contributed by atoms with Gasteiger partial charge in [-0.25, -0.2) is 13.8 Å². The molecule has 1 aromatic carbocycles. The fourth-order valence-electron chi connectivity index (χ4n) is 2.94. The van der Waals surface area contributed by atoms with Crippen molar-refractivity contribution in [2.24, 2.45) is 0 Å². The average Bonchev–Trinajstić information content (AvgIpc) is 2.57. The molecule has 1 atom stereocenters. The molecule has 25 heavy (non-hydrogen) atoms. The maximum Gasteiger partial charge on any atom is 0.224 e. The van der Waals surface area contributed by atoms with Gasteiger partial charge in [-0.3, -0.25) is 0 Å². The normalized spacial score (nSPS) is 16.5. The molecule has 0 amide bonds. The van der Waals surface area contributed by atoms with Crippen LogP contribution in [0.4, 0.5) is 20.5 Å². The molecule has 7 heteroatoms. The number of hydrogen-bond donors (Lipinski definition) is 2. The van der Waals surface area contributed by atoms with Gasteiger partial charge >= 0.3 is 0 Å². The van der Waals surface area contributed by atoms with E-state index in [-0.39, 0.29) is 0 Å². The Kier molecular flexibility index (Phi) is 4.67. The standard InChI is InChI=1S/C18H20F2N4O/c1-4-21-18-22-10(3)12-9-13(11-6-7-14(19)15(20)8-11)17(25)24(5-2)16(12)23-18/h6-9,17,25H,4-5H2,1-3H3,(H,21,22,23). The smallest absolute Gasteiger partial charge is 0.224 e. The molecule has 0 aliphatic carbocycles. The van der Waals surface area contributed by atoms with Gasteiger partial charge in [0.15, 0.2) is 17.9 Å². The molecule has 2 aromatic rings. The van der Waals surface area contributed by atoms with Crippen LogP contribution in [-0.2, 0) is 0 Å². The number of fused-ring (bicyclic) bond motifs is 1. The summed E-state index contributed by atoms with van der Waals surface area (Å²) in [5, 5.41) is 13.8. The molecule has 1 aromatic heterocycles. The third-order valence-electron chi connectivity index (χ3n) is 4.19. The summed E-state index contributed by atoms with van der Waals surface area (Å²) in [5.41, 5.74) is 2.40. The lowest BCUT2D eigenvalue weighted by Crippen LogP contribution is -2.39. The number of aliphatic hydroxyl groups is 1. The van der Waals surface area contributed by atoms with Crippen LogP contribution in [0.15, 0.2) is 18.2 Å². The van der Waals surface area contributed by atoms with E-state index in [2.05, 4.69) is 15.3 Å². The molecule has 0 spiro atoms. The van der Waals surface area contributed by atoms with Gasteiger partial charge in [0.05, 0.1) is 5.69 Å². The first kappa shape index (κ1) is 17.3. The van der Waals surface area contributed by atoms with E-state index >= 15 is 0 Å². The van der Waals surface area contributed by atoms with Gasteiger partial charge in [0.25, 0.3) is 0 Å². The van der Waals surface area contributed by atoms with Crippen molar-refractivity contribution >= 4 is 23.4 Å². The first-order valence-electron chi connectivity index (χ1n) is 8.20. The van der Waals surface area contributed by atoms with Crippen LogP contribution in [0.25, 0.3) is 11.6 Å². The Hall–Kier alpha value is -2.54. The SMILES string of the molecule is CCNc1nc(C)c2c(n1)N(CC)C(O)C(c1ccc(F)c(F)c1)=C2. The summed E-state index contributed by atoms with van der Waals surface area (Å²) in [6, 6.07) is 3.60. The number of halogens is 2. The molecule has 2 heterocycles. The summed E-state index contributed by atoms with van der Waals surface area (Å²) in [5.74, 6) is -0.758. The Balaban J connectivity index is 2.16. The monoisotopic (exact) mass is 346 g/mol. The quantitative estimate of drug-likeness (QED) is 0.890. The van der Waals surface area contributed by atoms with Crippen LogP contribution in [0.2, 0.25) is 0 Å². The number of aromatic nitrogens is 2. The van der Waals surface area contributed by atoms with Crippen LogP contribution in [0.3, 0.4) is 0 Å². The van der Waals surface area contributed by atoms with Gasteiger partial charge in [-0.05, 0) is 44.5 Å². The number of likely N-dealkylation sites (N-methyl/N-ethyl adjacent to an activating group) is 1. The maximum absolute atomic E-state index is 13.6. The Morgan fingerprint density at radius 1 is 1.20 bits per heavy atom. The topological polar surface area (TPSA) is 61.3 Å². The highest BCUT2D eigenvalue weighted by molar-refractivity contribution is 5.92. The Bertz CT molecular complexity index is 838. The molecule has 0 fully saturated rings. The number of nitrogens with zero attached hydrogens (tertiary/aromatic N) is 3. The number of nitrogens with one attached hydrogen (secondary N) is 1. The van der Waals surface area contributed by atoms with Crippen molar-refractivity contribution in [1.82, 2.24) is 9.97 Å². The summed E-state index contributed by atoms with van der Waals surface area (Å²) in [7, 11) is 0. The zero-order valence-corrected chi connectivity index (χ0v) is 14.3. The van der Waals surface area contributed by atoms with Gasteiger partial charge in [0.2, 0.25) is 5.95 Å². The molecule has 0 saturated heterocycles. The number of anilines is 2. The lowest BCUT2D eigenvalue weighted by molar-refractivity contribution is 0.225. The number of aliphatic hydroxyl groups excluding tert-OH is 1. The van der Waals surface area contributed by atoms with Crippen LogP contribution in [0.5, 0.6) is 0 Å². The summed E-state index contributed by atoms with van der Waals surface area (Å²) in [6.07, 6.45) is 0.732. The van der Waals surface area contributed by atoms with Crippen molar-refractivity contribution in [3.8, 4) is 0 Å². The molecule has 1 aliphatic heterocycles. The van der Waals surface area contributed by atoms with Gasteiger partial charge in [0.1, 0.15) is 5.82 Å². The second-order valence-electron chi connectivity index (χ2n) is 5.79. The van der Waals surface area contributed by atoms with E-state index in [4.69, 9.17) is 0 Å². The second-order valence-corrected chi connectivity index (χ2v) is 5.79. The summed E-state index contributed by atoms with van der Waals surface area (Å²) in [6.45, 7) is 6.88. The molecule has 1 unspecified atom stereocenters. The first-order valence-corrected chi connectivity index (χ1v) is 8.20. The lowest BCUT2D eigenvalue weighted by atomic mass is 9.96. The number of hydrogen-bond acceptors (Lipinski definition) is 5. The molecule has 2 N–H and O–H groups in total. The molecule has 132 valence electrons. The number of aryl methyl sites for hydroxylation is 1. The summed E-state index contributed by atoms with van der Waals surface area (Å²) in [4.78, 5) is 10.6. The molecule has 1 aliphatic rings. The minimum Gasteiger partial charge on any atom is -0.369 e. The maximum atomic E-state index is 13.6. The van der Waals surface area contributed by atoms with Crippen LogP contribution < -0.4 is 10.2 Å². The number of benzene rings is 1.